The zero-order valence-electron chi connectivity index (χ0n) is 7.60. The SMILES string of the molecule is COc1cccc(C(O)C(=O)O)c1N. The van der Waals surface area contributed by atoms with Gasteiger partial charge < -0.3 is 20.7 Å². The van der Waals surface area contributed by atoms with Gasteiger partial charge in [-0.1, -0.05) is 12.1 Å². The van der Waals surface area contributed by atoms with Crippen LogP contribution < -0.4 is 10.5 Å². The Morgan fingerprint density at radius 3 is 2.71 bits per heavy atom. The van der Waals surface area contributed by atoms with Gasteiger partial charge in [0.25, 0.3) is 0 Å². The van der Waals surface area contributed by atoms with Crippen LogP contribution >= 0.6 is 0 Å². The summed E-state index contributed by atoms with van der Waals surface area (Å²) in [7, 11) is 1.42. The number of para-hydroxylation sites is 1. The molecule has 0 aliphatic carbocycles. The van der Waals surface area contributed by atoms with Crippen molar-refractivity contribution in [3.8, 4) is 5.75 Å². The van der Waals surface area contributed by atoms with Crippen molar-refractivity contribution in [2.24, 2.45) is 0 Å². The summed E-state index contributed by atoms with van der Waals surface area (Å²) in [5.74, 6) is -0.993. The largest absolute Gasteiger partial charge is 0.495 e. The molecule has 0 saturated heterocycles. The fourth-order valence-corrected chi connectivity index (χ4v) is 1.11. The lowest BCUT2D eigenvalue weighted by molar-refractivity contribution is -0.146. The molecule has 4 N–H and O–H groups in total. The summed E-state index contributed by atoms with van der Waals surface area (Å²) in [6, 6.07) is 4.60. The zero-order valence-corrected chi connectivity index (χ0v) is 7.60. The first-order chi connectivity index (χ1) is 6.57. The molecule has 0 aromatic heterocycles. The Labute approximate surface area is 80.7 Å². The maximum atomic E-state index is 10.5. The number of nitrogens with two attached hydrogens (primary N) is 1. The molecule has 1 aromatic carbocycles. The van der Waals surface area contributed by atoms with E-state index in [2.05, 4.69) is 0 Å². The first-order valence-electron chi connectivity index (χ1n) is 3.91. The van der Waals surface area contributed by atoms with E-state index in [0.717, 1.165) is 0 Å². The number of aliphatic carboxylic acids is 1. The third kappa shape index (κ3) is 1.77. The van der Waals surface area contributed by atoms with Crippen molar-refractivity contribution in [3.63, 3.8) is 0 Å². The van der Waals surface area contributed by atoms with Crippen molar-refractivity contribution in [1.82, 2.24) is 0 Å². The van der Waals surface area contributed by atoms with Crippen molar-refractivity contribution < 1.29 is 19.7 Å². The summed E-state index contributed by atoms with van der Waals surface area (Å²) in [5, 5.41) is 17.8. The number of hydrogen-bond donors (Lipinski definition) is 3. The molecular weight excluding hydrogens is 186 g/mol. The quantitative estimate of drug-likeness (QED) is 0.610. The standard InChI is InChI=1S/C9H11NO4/c1-14-6-4-2-3-5(7(6)10)8(11)9(12)13/h2-4,8,11H,10H2,1H3,(H,12,13). The van der Waals surface area contributed by atoms with Gasteiger partial charge in [-0.3, -0.25) is 0 Å². The van der Waals surface area contributed by atoms with Crippen LogP contribution in [0.25, 0.3) is 0 Å². The van der Waals surface area contributed by atoms with Crippen molar-refractivity contribution in [2.45, 2.75) is 6.10 Å². The number of carbonyl (C=O) groups is 1. The fraction of sp³-hybridized carbons (Fsp3) is 0.222. The molecule has 14 heavy (non-hydrogen) atoms. The highest BCUT2D eigenvalue weighted by Gasteiger charge is 2.19. The van der Waals surface area contributed by atoms with Gasteiger partial charge in [-0.2, -0.15) is 0 Å². The molecule has 1 atom stereocenters. The highest BCUT2D eigenvalue weighted by Crippen LogP contribution is 2.29. The Morgan fingerprint density at radius 1 is 1.57 bits per heavy atom. The Hall–Kier alpha value is -1.75. The van der Waals surface area contributed by atoms with E-state index < -0.39 is 12.1 Å². The number of rotatable bonds is 3. The van der Waals surface area contributed by atoms with Crippen molar-refractivity contribution in [2.75, 3.05) is 12.8 Å². The first kappa shape index (κ1) is 10.3. The number of carboxylic acids is 1. The second-order valence-electron chi connectivity index (χ2n) is 2.70. The minimum atomic E-state index is -1.62. The highest BCUT2D eigenvalue weighted by molar-refractivity contribution is 5.77. The molecule has 0 heterocycles. The van der Waals surface area contributed by atoms with Crippen molar-refractivity contribution in [3.05, 3.63) is 23.8 Å². The van der Waals surface area contributed by atoms with Gasteiger partial charge in [0, 0.05) is 5.56 Å². The van der Waals surface area contributed by atoms with Crippen molar-refractivity contribution >= 4 is 11.7 Å². The predicted octanol–water partition coefficient (Wildman–Crippen LogP) is 0.395. The average Bonchev–Trinajstić information content (AvgIpc) is 2.17. The molecule has 1 aromatic rings. The van der Waals surface area contributed by atoms with E-state index in [0.29, 0.717) is 5.75 Å². The molecule has 0 bridgehead atoms. The van der Waals surface area contributed by atoms with Crippen LogP contribution in [-0.2, 0) is 4.79 Å². The lowest BCUT2D eigenvalue weighted by Crippen LogP contribution is -2.12. The molecular formula is C9H11NO4. The number of carboxylic acid groups (broad SMARTS) is 1. The van der Waals surface area contributed by atoms with Gasteiger partial charge in [0.15, 0.2) is 6.10 Å². The topological polar surface area (TPSA) is 92.8 Å². The van der Waals surface area contributed by atoms with Crippen LogP contribution in [0, 0.1) is 0 Å². The zero-order chi connectivity index (χ0) is 10.7. The number of aliphatic hydroxyl groups excluding tert-OH is 1. The summed E-state index contributed by atoms with van der Waals surface area (Å²) >= 11 is 0. The molecule has 0 radical (unpaired) electrons. The number of anilines is 1. The summed E-state index contributed by atoms with van der Waals surface area (Å²) in [6.07, 6.45) is -1.62. The van der Waals surface area contributed by atoms with E-state index in [9.17, 15) is 9.90 Å². The Morgan fingerprint density at radius 2 is 2.21 bits per heavy atom. The van der Waals surface area contributed by atoms with Crippen LogP contribution in [0.3, 0.4) is 0 Å². The van der Waals surface area contributed by atoms with Crippen molar-refractivity contribution in [1.29, 1.82) is 0 Å². The number of methoxy groups -OCH3 is 1. The number of hydrogen-bond acceptors (Lipinski definition) is 4. The fourth-order valence-electron chi connectivity index (χ4n) is 1.11. The van der Waals surface area contributed by atoms with E-state index in [4.69, 9.17) is 15.6 Å². The van der Waals surface area contributed by atoms with E-state index in [1.54, 1.807) is 12.1 Å². The Balaban J connectivity index is 3.15. The summed E-state index contributed by atoms with van der Waals surface area (Å²) in [5.41, 5.74) is 5.86. The van der Waals surface area contributed by atoms with E-state index >= 15 is 0 Å². The molecule has 0 amide bonds. The summed E-state index contributed by atoms with van der Waals surface area (Å²) in [6.45, 7) is 0. The third-order valence-electron chi connectivity index (χ3n) is 1.85. The van der Waals surface area contributed by atoms with Crippen LogP contribution in [0.5, 0.6) is 5.75 Å². The Kier molecular flexibility index (Phi) is 2.93. The van der Waals surface area contributed by atoms with Crippen LogP contribution in [0.15, 0.2) is 18.2 Å². The average molecular weight is 197 g/mol. The van der Waals surface area contributed by atoms with Gasteiger partial charge in [-0.05, 0) is 6.07 Å². The molecule has 0 spiro atoms. The maximum Gasteiger partial charge on any atom is 0.337 e. The predicted molar refractivity (Wildman–Crippen MR) is 50.0 cm³/mol. The molecule has 0 fully saturated rings. The molecule has 0 aliphatic heterocycles. The highest BCUT2D eigenvalue weighted by atomic mass is 16.5. The van der Waals surface area contributed by atoms with Crippen LogP contribution in [-0.4, -0.2) is 23.3 Å². The monoisotopic (exact) mass is 197 g/mol. The summed E-state index contributed by atoms with van der Waals surface area (Å²) < 4.78 is 4.89. The molecule has 76 valence electrons. The van der Waals surface area contributed by atoms with Crippen LogP contribution in [0.2, 0.25) is 0 Å². The van der Waals surface area contributed by atoms with Gasteiger partial charge >= 0.3 is 5.97 Å². The molecule has 0 saturated carbocycles. The molecule has 5 nitrogen and oxygen atoms in total. The molecule has 1 rings (SSSR count). The Bertz CT molecular complexity index is 351. The number of benzene rings is 1. The number of aliphatic hydroxyl groups is 1. The van der Waals surface area contributed by atoms with Gasteiger partial charge in [0.05, 0.1) is 12.8 Å². The molecule has 0 aliphatic rings. The minimum absolute atomic E-state index is 0.136. The van der Waals surface area contributed by atoms with Gasteiger partial charge in [-0.15, -0.1) is 0 Å². The second kappa shape index (κ2) is 3.97. The van der Waals surface area contributed by atoms with Gasteiger partial charge in [0.2, 0.25) is 0 Å². The van der Waals surface area contributed by atoms with Crippen LogP contribution in [0.4, 0.5) is 5.69 Å². The van der Waals surface area contributed by atoms with E-state index in [1.165, 1.54) is 13.2 Å². The third-order valence-corrected chi connectivity index (χ3v) is 1.85. The van der Waals surface area contributed by atoms with Gasteiger partial charge in [-0.25, -0.2) is 4.79 Å². The molecule has 5 heteroatoms. The second-order valence-corrected chi connectivity index (χ2v) is 2.70. The minimum Gasteiger partial charge on any atom is -0.495 e. The number of ether oxygens (including phenoxy) is 1. The van der Waals surface area contributed by atoms with Gasteiger partial charge in [0.1, 0.15) is 5.75 Å². The lowest BCUT2D eigenvalue weighted by Gasteiger charge is -2.11. The number of nitrogen functional groups attached to an aromatic ring is 1. The lowest BCUT2D eigenvalue weighted by atomic mass is 10.1. The van der Waals surface area contributed by atoms with E-state index in [1.807, 2.05) is 0 Å². The summed E-state index contributed by atoms with van der Waals surface area (Å²) in [4.78, 5) is 10.5. The maximum absolute atomic E-state index is 10.5. The molecule has 1 unspecified atom stereocenters. The first-order valence-corrected chi connectivity index (χ1v) is 3.91. The normalized spacial score (nSPS) is 12.1. The smallest absolute Gasteiger partial charge is 0.337 e. The van der Waals surface area contributed by atoms with E-state index in [-0.39, 0.29) is 11.3 Å². The van der Waals surface area contributed by atoms with Crippen LogP contribution in [0.1, 0.15) is 11.7 Å².